The van der Waals surface area contributed by atoms with Gasteiger partial charge in [-0.1, -0.05) is 24.3 Å². The van der Waals surface area contributed by atoms with Crippen LogP contribution >= 0.6 is 0 Å². The first kappa shape index (κ1) is 13.6. The molecule has 2 rings (SSSR count). The van der Waals surface area contributed by atoms with Crippen LogP contribution in [-0.4, -0.2) is 0 Å². The summed E-state index contributed by atoms with van der Waals surface area (Å²) in [6.45, 7) is 2.19. The molecule has 0 N–H and O–H groups in total. The summed E-state index contributed by atoms with van der Waals surface area (Å²) in [6.07, 6.45) is 20.8. The predicted molar refractivity (Wildman–Crippen MR) is 67.8 cm³/mol. The molecule has 2 aliphatic rings. The van der Waals surface area contributed by atoms with E-state index in [1.54, 1.807) is 0 Å². The van der Waals surface area contributed by atoms with Crippen molar-refractivity contribution in [3.05, 3.63) is 46.2 Å². The van der Waals surface area contributed by atoms with E-state index in [2.05, 4.69) is 61.7 Å². The van der Waals surface area contributed by atoms with Crippen LogP contribution in [0.5, 0.6) is 0 Å². The van der Waals surface area contributed by atoms with Crippen LogP contribution < -0.4 is 0 Å². The van der Waals surface area contributed by atoms with Gasteiger partial charge >= 0.3 is 60.0 Å². The molecule has 0 spiro atoms. The van der Waals surface area contributed by atoms with E-state index in [9.17, 15) is 0 Å². The number of hydrogen-bond acceptors (Lipinski definition) is 0. The van der Waals surface area contributed by atoms with Gasteiger partial charge in [-0.2, -0.15) is 0 Å². The molecule has 0 unspecified atom stereocenters. The Morgan fingerprint density at radius 2 is 1.44 bits per heavy atom. The van der Waals surface area contributed by atoms with Crippen molar-refractivity contribution < 1.29 is 18.3 Å². The van der Waals surface area contributed by atoms with Gasteiger partial charge in [-0.15, -0.1) is 0 Å². The molecule has 0 heterocycles. The standard InChI is InChI=1S/C8H12.C7H9.Ru/c1-2-4-6-8-7-5-3-1;1-2-7-5-3-4-6-7;/h1-2,7-8H,3-6H2;3,5H,2,4H2,1H3;/b2-1-,8-7-;;. The molecule has 1 heteroatoms. The molecule has 0 nitrogen and oxygen atoms in total. The van der Waals surface area contributed by atoms with E-state index in [1.165, 1.54) is 41.8 Å². The molecule has 0 fully saturated rings. The molecule has 0 aromatic heterocycles. The molecular formula is C15H21Ru. The first-order chi connectivity index (χ1) is 7.84. The van der Waals surface area contributed by atoms with Crippen molar-refractivity contribution in [3.8, 4) is 0 Å². The van der Waals surface area contributed by atoms with Gasteiger partial charge in [-0.05, 0) is 25.7 Å². The Kier molecular flexibility index (Phi) is 7.42. The van der Waals surface area contributed by atoms with E-state index in [0.29, 0.717) is 0 Å². The second-order valence-corrected chi connectivity index (χ2v) is 5.02. The van der Waals surface area contributed by atoms with Crippen LogP contribution in [0.4, 0.5) is 0 Å². The average Bonchev–Trinajstić information content (AvgIpc) is 2.63. The molecule has 0 aliphatic heterocycles. The van der Waals surface area contributed by atoms with Crippen molar-refractivity contribution in [3.63, 3.8) is 0 Å². The topological polar surface area (TPSA) is 0 Å². The molecule has 2 aliphatic carbocycles. The molecule has 0 bridgehead atoms. The van der Waals surface area contributed by atoms with Crippen LogP contribution in [0.1, 0.15) is 45.4 Å². The van der Waals surface area contributed by atoms with E-state index in [1.807, 2.05) is 0 Å². The molecule has 0 atom stereocenters. The third kappa shape index (κ3) is 5.61. The number of rotatable bonds is 1. The van der Waals surface area contributed by atoms with Crippen LogP contribution in [0.2, 0.25) is 0 Å². The Morgan fingerprint density at radius 3 is 1.69 bits per heavy atom. The monoisotopic (exact) mass is 303 g/mol. The van der Waals surface area contributed by atoms with Gasteiger partial charge in [0.2, 0.25) is 0 Å². The maximum absolute atomic E-state index is 2.68. The zero-order valence-corrected chi connectivity index (χ0v) is 11.8. The van der Waals surface area contributed by atoms with E-state index in [4.69, 9.17) is 0 Å². The molecule has 16 heavy (non-hydrogen) atoms. The van der Waals surface area contributed by atoms with Crippen molar-refractivity contribution in [2.45, 2.75) is 45.4 Å². The van der Waals surface area contributed by atoms with Crippen molar-refractivity contribution in [2.24, 2.45) is 0 Å². The second-order valence-electron chi connectivity index (χ2n) is 3.97. The van der Waals surface area contributed by atoms with Gasteiger partial charge in [-0.25, -0.2) is 0 Å². The number of hydrogen-bond donors (Lipinski definition) is 0. The summed E-state index contributed by atoms with van der Waals surface area (Å²) < 4.78 is 1.48. The fraction of sp³-hybridized carbons (Fsp3) is 0.467. The van der Waals surface area contributed by atoms with Gasteiger partial charge in [0.05, 0.1) is 0 Å². The van der Waals surface area contributed by atoms with Crippen LogP contribution in [0, 0.1) is 0 Å². The molecule has 0 saturated heterocycles. The van der Waals surface area contributed by atoms with E-state index < -0.39 is 0 Å². The summed E-state index contributed by atoms with van der Waals surface area (Å²) in [5.74, 6) is 0. The summed E-state index contributed by atoms with van der Waals surface area (Å²) in [6, 6.07) is 0. The van der Waals surface area contributed by atoms with Gasteiger partial charge in [0.15, 0.2) is 0 Å². The average molecular weight is 302 g/mol. The molecule has 0 amide bonds. The normalized spacial score (nSPS) is 23.1. The maximum atomic E-state index is 2.68. The van der Waals surface area contributed by atoms with E-state index >= 15 is 0 Å². The summed E-state index contributed by atoms with van der Waals surface area (Å²) in [5.41, 5.74) is 1.50. The summed E-state index contributed by atoms with van der Waals surface area (Å²) >= 11 is 2.68. The summed E-state index contributed by atoms with van der Waals surface area (Å²) in [5, 5.41) is 0. The third-order valence-corrected chi connectivity index (χ3v) is 3.58. The van der Waals surface area contributed by atoms with Gasteiger partial charge in [0, 0.05) is 0 Å². The van der Waals surface area contributed by atoms with Crippen LogP contribution in [0.3, 0.4) is 0 Å². The quantitative estimate of drug-likeness (QED) is 0.481. The Labute approximate surface area is 110 Å². The van der Waals surface area contributed by atoms with Crippen LogP contribution in [0.15, 0.2) is 46.2 Å². The predicted octanol–water partition coefficient (Wildman–Crippen LogP) is 4.83. The van der Waals surface area contributed by atoms with E-state index in [0.717, 1.165) is 6.42 Å². The molecule has 0 saturated carbocycles. The van der Waals surface area contributed by atoms with Crippen LogP contribution in [-0.2, 0) is 18.3 Å². The van der Waals surface area contributed by atoms with E-state index in [-0.39, 0.29) is 0 Å². The zero-order chi connectivity index (χ0) is 11.6. The minimum atomic E-state index is 1.15. The zero-order valence-electron chi connectivity index (χ0n) is 10.1. The van der Waals surface area contributed by atoms with Crippen LogP contribution in [0.25, 0.3) is 0 Å². The molecule has 0 radical (unpaired) electrons. The minimum absolute atomic E-state index is 1.15. The first-order valence-corrected chi connectivity index (χ1v) is 7.04. The second kappa shape index (κ2) is 8.70. The summed E-state index contributed by atoms with van der Waals surface area (Å²) in [7, 11) is 0. The Bertz CT molecular complexity index is 279. The molecular weight excluding hydrogens is 281 g/mol. The van der Waals surface area contributed by atoms with Gasteiger partial charge in [0.1, 0.15) is 0 Å². The van der Waals surface area contributed by atoms with Crippen molar-refractivity contribution in [1.82, 2.24) is 0 Å². The fourth-order valence-corrected chi connectivity index (χ4v) is 2.34. The molecule has 89 valence electrons. The third-order valence-electron chi connectivity index (χ3n) is 2.67. The SMILES string of the molecule is C1=C\CC/C=C\CC/1.CCC1=[C]([Ru])CC=C1. The fourth-order valence-electron chi connectivity index (χ4n) is 1.68. The number of allylic oxidation sites excluding steroid dienone is 8. The molecule has 0 aromatic rings. The van der Waals surface area contributed by atoms with Gasteiger partial charge in [0.25, 0.3) is 0 Å². The summed E-state index contributed by atoms with van der Waals surface area (Å²) in [4.78, 5) is 0. The Morgan fingerprint density at radius 1 is 0.938 bits per heavy atom. The Balaban J connectivity index is 0.000000160. The van der Waals surface area contributed by atoms with Crippen molar-refractivity contribution >= 4 is 0 Å². The molecule has 0 aromatic carbocycles. The van der Waals surface area contributed by atoms with Crippen molar-refractivity contribution in [2.75, 3.05) is 0 Å². The van der Waals surface area contributed by atoms with Gasteiger partial charge < -0.3 is 0 Å². The van der Waals surface area contributed by atoms with Crippen molar-refractivity contribution in [1.29, 1.82) is 0 Å². The van der Waals surface area contributed by atoms with Gasteiger partial charge in [-0.3, -0.25) is 0 Å². The first-order valence-electron chi connectivity index (χ1n) is 6.17. The Hall–Kier alpha value is -0.417.